The van der Waals surface area contributed by atoms with Gasteiger partial charge in [-0.25, -0.2) is 0 Å². The Morgan fingerprint density at radius 3 is 2.43 bits per heavy atom. The number of fused-ring (bicyclic) bond motifs is 1. The predicted octanol–water partition coefficient (Wildman–Crippen LogP) is 2.13. The fraction of sp³-hybridized carbons (Fsp3) is 0.278. The van der Waals surface area contributed by atoms with Crippen molar-refractivity contribution in [3.63, 3.8) is 0 Å². The molecule has 0 bridgehead atoms. The average molecular weight is 397 g/mol. The van der Waals surface area contributed by atoms with E-state index in [0.717, 1.165) is 6.07 Å². The third kappa shape index (κ3) is 6.09. The zero-order valence-corrected chi connectivity index (χ0v) is 15.2. The van der Waals surface area contributed by atoms with E-state index >= 15 is 0 Å². The van der Waals surface area contributed by atoms with Crippen molar-refractivity contribution in [2.45, 2.75) is 18.7 Å². The van der Waals surface area contributed by atoms with Crippen LogP contribution in [0, 0.1) is 0 Å². The van der Waals surface area contributed by atoms with Crippen molar-refractivity contribution in [3.05, 3.63) is 53.1 Å². The molecule has 0 aliphatic carbocycles. The molecule has 10 heteroatoms. The summed E-state index contributed by atoms with van der Waals surface area (Å²) in [5.74, 6) is -0.464. The Kier molecular flexibility index (Phi) is 8.65. The summed E-state index contributed by atoms with van der Waals surface area (Å²) in [5.41, 5.74) is 4.69. The zero-order valence-electron chi connectivity index (χ0n) is 15.2. The minimum atomic E-state index is -4.53. The monoisotopic (exact) mass is 397 g/mol. The third-order valence-electron chi connectivity index (χ3n) is 3.56. The number of amides is 1. The van der Waals surface area contributed by atoms with Gasteiger partial charge < -0.3 is 10.5 Å². The molecular formula is C18H19BF3NO5. The second-order valence-electron chi connectivity index (χ2n) is 5.62. The Labute approximate surface area is 160 Å². The minimum absolute atomic E-state index is 0.0644. The molecule has 0 spiro atoms. The Bertz CT molecular complexity index is 814. The summed E-state index contributed by atoms with van der Waals surface area (Å²) in [4.78, 5) is 8.58. The summed E-state index contributed by atoms with van der Waals surface area (Å²) < 4.78 is 58.9. The molecule has 1 aliphatic rings. The SMILES string of the molecule is COC.NC=O.O=Bc1cccc(C2Cc3cc(C(F)(F)F)cc(O)c3O2)c1. The van der Waals surface area contributed by atoms with E-state index in [9.17, 15) is 23.0 Å². The van der Waals surface area contributed by atoms with Crippen molar-refractivity contribution in [2.24, 2.45) is 5.73 Å². The number of rotatable bonds is 2. The molecule has 0 aromatic heterocycles. The predicted molar refractivity (Wildman–Crippen MR) is 95.9 cm³/mol. The van der Waals surface area contributed by atoms with Crippen LogP contribution in [-0.4, -0.2) is 32.9 Å². The van der Waals surface area contributed by atoms with Crippen LogP contribution in [0.5, 0.6) is 11.5 Å². The first kappa shape index (κ1) is 23.2. The van der Waals surface area contributed by atoms with Gasteiger partial charge in [0.1, 0.15) is 0 Å². The van der Waals surface area contributed by atoms with E-state index in [0.29, 0.717) is 29.8 Å². The number of benzene rings is 2. The van der Waals surface area contributed by atoms with Gasteiger partial charge in [0, 0.05) is 14.2 Å². The van der Waals surface area contributed by atoms with Crippen LogP contribution in [0.2, 0.25) is 0 Å². The number of halogens is 3. The van der Waals surface area contributed by atoms with Gasteiger partial charge in [0.15, 0.2) is 0 Å². The normalized spacial score (nSPS) is 14.2. The number of hydrogen-bond donors (Lipinski definition) is 2. The number of hydrogen-bond acceptors (Lipinski definition) is 5. The molecule has 1 atom stereocenters. The van der Waals surface area contributed by atoms with E-state index in [1.54, 1.807) is 38.5 Å². The molecular weight excluding hydrogens is 378 g/mol. The summed E-state index contributed by atoms with van der Waals surface area (Å²) in [6, 6.07) is 8.28. The Morgan fingerprint density at radius 1 is 1.29 bits per heavy atom. The van der Waals surface area contributed by atoms with Crippen LogP contribution in [0.1, 0.15) is 22.8 Å². The molecule has 0 saturated heterocycles. The summed E-state index contributed by atoms with van der Waals surface area (Å²) in [7, 11) is 3.94. The molecule has 1 unspecified atom stereocenters. The third-order valence-corrected chi connectivity index (χ3v) is 3.56. The average Bonchev–Trinajstić information content (AvgIpc) is 3.07. The van der Waals surface area contributed by atoms with Gasteiger partial charge in [-0.1, -0.05) is 0 Å². The van der Waals surface area contributed by atoms with Crippen molar-refractivity contribution in [2.75, 3.05) is 14.2 Å². The van der Waals surface area contributed by atoms with Gasteiger partial charge in [0.25, 0.3) is 0 Å². The molecule has 0 saturated carbocycles. The summed E-state index contributed by atoms with van der Waals surface area (Å²) in [6.45, 7) is 0. The van der Waals surface area contributed by atoms with Crippen LogP contribution < -0.4 is 15.9 Å². The number of nitrogens with two attached hydrogens (primary N) is 1. The Balaban J connectivity index is 0.000000582. The summed E-state index contributed by atoms with van der Waals surface area (Å²) >= 11 is 0. The standard InChI is InChI=1S/C15H10BF3O3.C2H6O.CH3NO/c17-15(18,19)10-4-9-6-13(22-14(9)12(20)7-10)8-2-1-3-11(5-8)16-21;1-3-2;2-1-3/h1-5,7,13,20H,6H2;1-2H3;1H,(H2,2,3). The van der Waals surface area contributed by atoms with Crippen LogP contribution in [0.25, 0.3) is 0 Å². The van der Waals surface area contributed by atoms with Gasteiger partial charge in [-0.2, -0.15) is 0 Å². The van der Waals surface area contributed by atoms with Gasteiger partial charge in [0.05, 0.1) is 0 Å². The number of primary amides is 1. The molecule has 28 heavy (non-hydrogen) atoms. The fourth-order valence-electron chi connectivity index (χ4n) is 2.53. The Hall–Kier alpha value is -2.88. The molecule has 0 fully saturated rings. The molecule has 3 N–H and O–H groups in total. The van der Waals surface area contributed by atoms with Crippen LogP contribution in [-0.2, 0) is 26.8 Å². The molecule has 1 aliphatic heterocycles. The van der Waals surface area contributed by atoms with Crippen molar-refractivity contribution in [1.82, 2.24) is 0 Å². The number of phenols is 1. The van der Waals surface area contributed by atoms with E-state index < -0.39 is 23.6 Å². The Morgan fingerprint density at radius 2 is 1.89 bits per heavy atom. The number of phenolic OH excluding ortho intramolecular Hbond substituents is 1. The molecule has 6 nitrogen and oxygen atoms in total. The first-order chi connectivity index (χ1) is 13.2. The molecule has 3 rings (SSSR count). The van der Waals surface area contributed by atoms with Gasteiger partial charge in [-0.15, -0.1) is 0 Å². The van der Waals surface area contributed by atoms with Crippen molar-refractivity contribution in [1.29, 1.82) is 0 Å². The molecule has 2 aromatic carbocycles. The molecule has 2 aromatic rings. The topological polar surface area (TPSA) is 98.9 Å². The number of aromatic hydroxyl groups is 1. The van der Waals surface area contributed by atoms with Gasteiger partial charge in [0.2, 0.25) is 6.41 Å². The first-order valence-electron chi connectivity index (χ1n) is 7.92. The molecule has 0 radical (unpaired) electrons. The number of carbonyl (C=O) groups excluding carboxylic acids is 1. The number of alkyl halides is 3. The quantitative estimate of drug-likeness (QED) is 0.598. The number of carbonyl (C=O) groups is 1. The van der Waals surface area contributed by atoms with Crippen molar-refractivity contribution in [3.8, 4) is 11.5 Å². The van der Waals surface area contributed by atoms with E-state index in [4.69, 9.17) is 9.53 Å². The van der Waals surface area contributed by atoms with E-state index in [2.05, 4.69) is 10.5 Å². The van der Waals surface area contributed by atoms with Crippen LogP contribution in [0.4, 0.5) is 13.2 Å². The zero-order chi connectivity index (χ0) is 21.3. The first-order valence-corrected chi connectivity index (χ1v) is 7.92. The van der Waals surface area contributed by atoms with E-state index in [1.807, 2.05) is 0 Å². The maximum atomic E-state index is 12.8. The van der Waals surface area contributed by atoms with Crippen molar-refractivity contribution < 1.29 is 37.3 Å². The van der Waals surface area contributed by atoms with Gasteiger partial charge >= 0.3 is 124 Å². The van der Waals surface area contributed by atoms with E-state index in [1.165, 1.54) is 0 Å². The van der Waals surface area contributed by atoms with Crippen LogP contribution >= 0.6 is 0 Å². The van der Waals surface area contributed by atoms with Crippen LogP contribution in [0.15, 0.2) is 36.4 Å². The second kappa shape index (κ2) is 10.5. The molecule has 1 heterocycles. The van der Waals surface area contributed by atoms with Gasteiger partial charge in [-0.05, 0) is 0 Å². The summed E-state index contributed by atoms with van der Waals surface area (Å²) in [6.07, 6.45) is -4.60. The fourth-order valence-corrected chi connectivity index (χ4v) is 2.53. The second-order valence-corrected chi connectivity index (χ2v) is 5.62. The number of methoxy groups -OCH3 is 1. The summed E-state index contributed by atoms with van der Waals surface area (Å²) in [5, 5.41) is 9.76. The van der Waals surface area contributed by atoms with E-state index in [-0.39, 0.29) is 18.6 Å². The van der Waals surface area contributed by atoms with Crippen molar-refractivity contribution >= 4 is 19.0 Å². The molecule has 150 valence electrons. The van der Waals surface area contributed by atoms with Gasteiger partial charge in [-0.3, -0.25) is 4.79 Å². The maximum absolute atomic E-state index is 12.8. The molecule has 1 amide bonds. The van der Waals surface area contributed by atoms with Crippen LogP contribution in [0.3, 0.4) is 0 Å². The number of ether oxygens (including phenoxy) is 2.